The van der Waals surface area contributed by atoms with E-state index in [-0.39, 0.29) is 30.4 Å². The van der Waals surface area contributed by atoms with Crippen LogP contribution >= 0.6 is 0 Å². The highest BCUT2D eigenvalue weighted by atomic mass is 16.4. The van der Waals surface area contributed by atoms with Crippen molar-refractivity contribution in [3.63, 3.8) is 0 Å². The van der Waals surface area contributed by atoms with Crippen LogP contribution < -0.4 is 0 Å². The van der Waals surface area contributed by atoms with Crippen molar-refractivity contribution >= 4 is 11.9 Å². The van der Waals surface area contributed by atoms with Crippen LogP contribution in [-0.4, -0.2) is 45.7 Å². The van der Waals surface area contributed by atoms with Crippen LogP contribution in [0.4, 0.5) is 0 Å². The molecule has 0 spiro atoms. The van der Waals surface area contributed by atoms with E-state index in [1.54, 1.807) is 0 Å². The molecule has 0 aliphatic carbocycles. The van der Waals surface area contributed by atoms with Crippen LogP contribution in [0.25, 0.3) is 0 Å². The highest BCUT2D eigenvalue weighted by Gasteiger charge is 2.30. The van der Waals surface area contributed by atoms with Crippen LogP contribution in [-0.2, 0) is 16.0 Å². The first-order valence-electron chi connectivity index (χ1n) is 11.2. The zero-order valence-electron chi connectivity index (χ0n) is 17.8. The number of rotatable bonds is 14. The van der Waals surface area contributed by atoms with Gasteiger partial charge in [0.05, 0.1) is 6.10 Å². The minimum Gasteiger partial charge on any atom is -0.481 e. The fourth-order valence-electron chi connectivity index (χ4n) is 4.19. The highest BCUT2D eigenvalue weighted by Crippen LogP contribution is 2.26. The predicted octanol–water partition coefficient (Wildman–Crippen LogP) is 4.42. The van der Waals surface area contributed by atoms with Gasteiger partial charge in [-0.1, -0.05) is 50.1 Å². The maximum Gasteiger partial charge on any atom is 0.303 e. The number of aliphatic carboxylic acids is 1. The van der Waals surface area contributed by atoms with Crippen LogP contribution in [0.2, 0.25) is 0 Å². The van der Waals surface area contributed by atoms with Crippen molar-refractivity contribution < 1.29 is 19.8 Å². The summed E-state index contributed by atoms with van der Waals surface area (Å²) in [7, 11) is 0. The van der Waals surface area contributed by atoms with Crippen molar-refractivity contribution in [3.8, 4) is 0 Å². The Kier molecular flexibility index (Phi) is 10.2. The largest absolute Gasteiger partial charge is 0.481 e. The number of aliphatic hydroxyl groups excluding tert-OH is 1. The number of amides is 1. The molecule has 0 bridgehead atoms. The summed E-state index contributed by atoms with van der Waals surface area (Å²) in [5, 5.41) is 19.2. The molecule has 1 unspecified atom stereocenters. The van der Waals surface area contributed by atoms with Crippen molar-refractivity contribution in [2.45, 2.75) is 89.7 Å². The van der Waals surface area contributed by atoms with E-state index in [9.17, 15) is 14.7 Å². The summed E-state index contributed by atoms with van der Waals surface area (Å²) in [6.07, 6.45) is 8.45. The second-order valence-electron chi connectivity index (χ2n) is 8.48. The topological polar surface area (TPSA) is 77.8 Å². The molecular formula is C24H37NO4. The maximum absolute atomic E-state index is 12.2. The first-order valence-corrected chi connectivity index (χ1v) is 11.2. The molecule has 1 amide bonds. The summed E-state index contributed by atoms with van der Waals surface area (Å²) in [5.41, 5.74) is 1.31. The standard InChI is InChI=1S/C24H37NO4/c1-19(12-13-20-9-5-4-6-10-20)22(26)16-14-21-15-17-23(27)25(21)18-8-3-2-7-11-24(28)29/h4-6,9-10,19,21-22,26H,2-3,7-8,11-18H2,1H3,(H,28,29)/t19-,21?,22+/m0/s1. The Hall–Kier alpha value is -1.88. The van der Waals surface area contributed by atoms with Crippen molar-refractivity contribution in [3.05, 3.63) is 35.9 Å². The second-order valence-corrected chi connectivity index (χ2v) is 8.48. The van der Waals surface area contributed by atoms with Crippen LogP contribution in [0.1, 0.15) is 76.7 Å². The molecule has 3 atom stereocenters. The number of likely N-dealkylation sites (tertiary alicyclic amines) is 1. The number of carbonyl (C=O) groups excluding carboxylic acids is 1. The van der Waals surface area contributed by atoms with Gasteiger partial charge in [0.25, 0.3) is 0 Å². The van der Waals surface area contributed by atoms with Crippen LogP contribution in [0.3, 0.4) is 0 Å². The van der Waals surface area contributed by atoms with Gasteiger partial charge in [-0.15, -0.1) is 0 Å². The first kappa shape index (κ1) is 23.4. The van der Waals surface area contributed by atoms with Crippen molar-refractivity contribution in [1.29, 1.82) is 0 Å². The number of hydrogen-bond acceptors (Lipinski definition) is 3. The van der Waals surface area contributed by atoms with Gasteiger partial charge in [0.15, 0.2) is 0 Å². The van der Waals surface area contributed by atoms with Gasteiger partial charge in [0, 0.05) is 25.4 Å². The van der Waals surface area contributed by atoms with Gasteiger partial charge >= 0.3 is 5.97 Å². The van der Waals surface area contributed by atoms with E-state index < -0.39 is 5.97 Å². The van der Waals surface area contributed by atoms with Gasteiger partial charge < -0.3 is 15.1 Å². The Morgan fingerprint density at radius 1 is 1.14 bits per heavy atom. The van der Waals surface area contributed by atoms with E-state index in [1.807, 2.05) is 23.1 Å². The minimum atomic E-state index is -0.740. The van der Waals surface area contributed by atoms with Crippen molar-refractivity contribution in [1.82, 2.24) is 4.90 Å². The van der Waals surface area contributed by atoms with Gasteiger partial charge in [-0.05, 0) is 56.4 Å². The average Bonchev–Trinajstić information content (AvgIpc) is 3.07. The summed E-state index contributed by atoms with van der Waals surface area (Å²) in [5.74, 6) is -0.265. The van der Waals surface area contributed by atoms with E-state index >= 15 is 0 Å². The number of nitrogens with zero attached hydrogens (tertiary/aromatic N) is 1. The molecule has 2 rings (SSSR count). The number of unbranched alkanes of at least 4 members (excludes halogenated alkanes) is 3. The van der Waals surface area contributed by atoms with Crippen LogP contribution in [0.15, 0.2) is 30.3 Å². The van der Waals surface area contributed by atoms with E-state index in [0.717, 1.165) is 57.9 Å². The van der Waals surface area contributed by atoms with Crippen LogP contribution in [0.5, 0.6) is 0 Å². The molecule has 5 heteroatoms. The molecule has 1 fully saturated rings. The lowest BCUT2D eigenvalue weighted by Crippen LogP contribution is -2.35. The molecule has 162 valence electrons. The quantitative estimate of drug-likeness (QED) is 0.451. The fraction of sp³-hybridized carbons (Fsp3) is 0.667. The second kappa shape index (κ2) is 12.6. The van der Waals surface area contributed by atoms with E-state index in [4.69, 9.17) is 5.11 Å². The lowest BCUT2D eigenvalue weighted by molar-refractivity contribution is -0.137. The summed E-state index contributed by atoms with van der Waals surface area (Å²) >= 11 is 0. The summed E-state index contributed by atoms with van der Waals surface area (Å²) in [4.78, 5) is 24.8. The predicted molar refractivity (Wildman–Crippen MR) is 115 cm³/mol. The normalized spacial score (nSPS) is 18.8. The lowest BCUT2D eigenvalue weighted by atomic mass is 9.92. The molecule has 1 aromatic rings. The molecule has 2 N–H and O–H groups in total. The first-order chi connectivity index (χ1) is 14.0. The van der Waals surface area contributed by atoms with Gasteiger partial charge in [0.1, 0.15) is 0 Å². The minimum absolute atomic E-state index is 0.228. The molecule has 5 nitrogen and oxygen atoms in total. The van der Waals surface area contributed by atoms with Crippen molar-refractivity contribution in [2.75, 3.05) is 6.54 Å². The molecule has 29 heavy (non-hydrogen) atoms. The summed E-state index contributed by atoms with van der Waals surface area (Å²) in [6, 6.07) is 10.6. The van der Waals surface area contributed by atoms with Gasteiger partial charge in [-0.25, -0.2) is 0 Å². The Labute approximate surface area is 175 Å². The molecule has 1 saturated heterocycles. The third kappa shape index (κ3) is 8.57. The summed E-state index contributed by atoms with van der Waals surface area (Å²) in [6.45, 7) is 2.87. The molecule has 0 saturated carbocycles. The van der Waals surface area contributed by atoms with Crippen molar-refractivity contribution in [2.24, 2.45) is 5.92 Å². The number of carboxylic acid groups (broad SMARTS) is 1. The SMILES string of the molecule is C[C@@H](CCc1ccccc1)[C@H](O)CCC1CCC(=O)N1CCCCCCC(=O)O. The third-order valence-corrected chi connectivity index (χ3v) is 6.18. The van der Waals surface area contributed by atoms with E-state index in [0.29, 0.717) is 12.8 Å². The highest BCUT2D eigenvalue weighted by molar-refractivity contribution is 5.78. The molecule has 1 aliphatic heterocycles. The zero-order valence-corrected chi connectivity index (χ0v) is 17.8. The maximum atomic E-state index is 12.2. The number of aliphatic hydroxyl groups is 1. The fourth-order valence-corrected chi connectivity index (χ4v) is 4.19. The van der Waals surface area contributed by atoms with Crippen LogP contribution in [0, 0.1) is 5.92 Å². The van der Waals surface area contributed by atoms with Gasteiger partial charge in [-0.3, -0.25) is 9.59 Å². The summed E-state index contributed by atoms with van der Waals surface area (Å²) < 4.78 is 0. The molecular weight excluding hydrogens is 366 g/mol. The number of carboxylic acids is 1. The number of hydrogen-bond donors (Lipinski definition) is 2. The Balaban J connectivity index is 1.66. The Morgan fingerprint density at radius 2 is 1.86 bits per heavy atom. The van der Waals surface area contributed by atoms with E-state index in [1.165, 1.54) is 5.56 Å². The molecule has 1 aromatic carbocycles. The average molecular weight is 404 g/mol. The molecule has 1 aliphatic rings. The Bertz CT molecular complexity index is 619. The molecule has 1 heterocycles. The van der Waals surface area contributed by atoms with Gasteiger partial charge in [0.2, 0.25) is 5.91 Å². The van der Waals surface area contributed by atoms with E-state index in [2.05, 4.69) is 19.1 Å². The number of carbonyl (C=O) groups is 2. The number of benzene rings is 1. The van der Waals surface area contributed by atoms with Gasteiger partial charge in [-0.2, -0.15) is 0 Å². The smallest absolute Gasteiger partial charge is 0.303 e. The lowest BCUT2D eigenvalue weighted by Gasteiger charge is -2.27. The number of aryl methyl sites for hydroxylation is 1. The zero-order chi connectivity index (χ0) is 21.1. The molecule has 0 aromatic heterocycles. The Morgan fingerprint density at radius 3 is 2.59 bits per heavy atom. The monoisotopic (exact) mass is 403 g/mol. The third-order valence-electron chi connectivity index (χ3n) is 6.18. The molecule has 0 radical (unpaired) electrons.